The number of hydrogen-bond donors (Lipinski definition) is 1. The quantitative estimate of drug-likeness (QED) is 0.792. The fourth-order valence-corrected chi connectivity index (χ4v) is 2.45. The summed E-state index contributed by atoms with van der Waals surface area (Å²) in [5.74, 6) is 0.804. The Balaban J connectivity index is 2.34. The fourth-order valence-electron chi connectivity index (χ4n) is 1.98. The zero-order chi connectivity index (χ0) is 12.5. The Morgan fingerprint density at radius 1 is 1.06 bits per heavy atom. The van der Waals surface area contributed by atoms with Gasteiger partial charge in [-0.2, -0.15) is 0 Å². The van der Waals surface area contributed by atoms with E-state index in [9.17, 15) is 0 Å². The van der Waals surface area contributed by atoms with Gasteiger partial charge < -0.3 is 5.73 Å². The van der Waals surface area contributed by atoms with Gasteiger partial charge in [0.25, 0.3) is 0 Å². The molecule has 0 bridgehead atoms. The highest BCUT2D eigenvalue weighted by Gasteiger charge is 2.12. The van der Waals surface area contributed by atoms with Crippen molar-refractivity contribution in [1.29, 1.82) is 0 Å². The second kappa shape index (κ2) is 4.51. The van der Waals surface area contributed by atoms with Crippen molar-refractivity contribution in [3.8, 4) is 11.4 Å². The van der Waals surface area contributed by atoms with Crippen molar-refractivity contribution in [1.82, 2.24) is 14.6 Å². The molecule has 0 unspecified atom stereocenters. The molecule has 1 aromatic carbocycles. The van der Waals surface area contributed by atoms with Gasteiger partial charge in [0.05, 0.1) is 0 Å². The number of nitrogens with zero attached hydrogens (tertiary/aromatic N) is 3. The first-order chi connectivity index (χ1) is 8.81. The van der Waals surface area contributed by atoms with E-state index in [4.69, 9.17) is 5.73 Å². The number of pyridine rings is 1. The van der Waals surface area contributed by atoms with Crippen LogP contribution in [0.5, 0.6) is 0 Å². The number of benzene rings is 1. The van der Waals surface area contributed by atoms with E-state index in [1.54, 1.807) is 0 Å². The Bertz CT molecular complexity index is 705. The molecule has 0 aliphatic heterocycles. The van der Waals surface area contributed by atoms with Gasteiger partial charge >= 0.3 is 0 Å². The third-order valence-corrected chi connectivity index (χ3v) is 3.52. The third-order valence-electron chi connectivity index (χ3n) is 2.83. The molecule has 0 atom stereocenters. The molecule has 90 valence electrons. The van der Waals surface area contributed by atoms with Crippen LogP contribution in [0.25, 0.3) is 17.0 Å². The molecule has 0 spiro atoms. The fraction of sp³-hybridized carbons (Fsp3) is 0.0769. The van der Waals surface area contributed by atoms with E-state index in [0.29, 0.717) is 6.54 Å². The van der Waals surface area contributed by atoms with Gasteiger partial charge in [-0.15, -0.1) is 10.2 Å². The van der Waals surface area contributed by atoms with Crippen molar-refractivity contribution in [2.45, 2.75) is 6.54 Å². The van der Waals surface area contributed by atoms with E-state index in [-0.39, 0.29) is 0 Å². The summed E-state index contributed by atoms with van der Waals surface area (Å²) in [7, 11) is 0. The molecule has 2 N–H and O–H groups in total. The first-order valence-electron chi connectivity index (χ1n) is 5.59. The first-order valence-corrected chi connectivity index (χ1v) is 6.38. The highest BCUT2D eigenvalue weighted by atomic mass is 79.9. The smallest absolute Gasteiger partial charge is 0.169 e. The van der Waals surface area contributed by atoms with E-state index >= 15 is 0 Å². The van der Waals surface area contributed by atoms with E-state index < -0.39 is 0 Å². The summed E-state index contributed by atoms with van der Waals surface area (Å²) < 4.78 is 2.98. The molecule has 5 heteroatoms. The Morgan fingerprint density at radius 2 is 1.89 bits per heavy atom. The van der Waals surface area contributed by atoms with Crippen LogP contribution < -0.4 is 5.73 Å². The number of hydrogen-bond acceptors (Lipinski definition) is 3. The average molecular weight is 303 g/mol. The van der Waals surface area contributed by atoms with Crippen molar-refractivity contribution in [2.24, 2.45) is 5.73 Å². The molecule has 0 saturated heterocycles. The highest BCUT2D eigenvalue weighted by molar-refractivity contribution is 9.10. The van der Waals surface area contributed by atoms with Crippen molar-refractivity contribution >= 4 is 21.6 Å². The van der Waals surface area contributed by atoms with E-state index in [1.165, 1.54) is 0 Å². The largest absolute Gasteiger partial charge is 0.325 e. The maximum absolute atomic E-state index is 5.77. The normalized spacial score (nSPS) is 11.0. The minimum atomic E-state index is 0.451. The molecule has 0 aliphatic carbocycles. The molecule has 18 heavy (non-hydrogen) atoms. The Hall–Kier alpha value is -1.72. The van der Waals surface area contributed by atoms with Crippen LogP contribution in [0.15, 0.2) is 46.9 Å². The molecule has 2 aromatic heterocycles. The average Bonchev–Trinajstić information content (AvgIpc) is 2.83. The lowest BCUT2D eigenvalue weighted by molar-refractivity contribution is 0.945. The van der Waals surface area contributed by atoms with Crippen molar-refractivity contribution in [3.63, 3.8) is 0 Å². The Morgan fingerprint density at radius 3 is 2.67 bits per heavy atom. The van der Waals surface area contributed by atoms with Gasteiger partial charge in [0.2, 0.25) is 0 Å². The van der Waals surface area contributed by atoms with Gasteiger partial charge in [-0.3, -0.25) is 4.40 Å². The van der Waals surface area contributed by atoms with Crippen LogP contribution in [0.1, 0.15) is 5.69 Å². The Labute approximate surface area is 113 Å². The van der Waals surface area contributed by atoms with Gasteiger partial charge in [-0.05, 0) is 18.2 Å². The number of fused-ring (bicyclic) bond motifs is 1. The summed E-state index contributed by atoms with van der Waals surface area (Å²) in [5.41, 5.74) is 8.58. The van der Waals surface area contributed by atoms with Gasteiger partial charge in [-0.25, -0.2) is 0 Å². The number of rotatable bonds is 2. The summed E-state index contributed by atoms with van der Waals surface area (Å²) in [6.07, 6.45) is 0. The van der Waals surface area contributed by atoms with E-state index in [2.05, 4.69) is 26.1 Å². The zero-order valence-electron chi connectivity index (χ0n) is 9.55. The lowest BCUT2D eigenvalue weighted by atomic mass is 10.2. The highest BCUT2D eigenvalue weighted by Crippen LogP contribution is 2.27. The van der Waals surface area contributed by atoms with Gasteiger partial charge in [0, 0.05) is 22.3 Å². The summed E-state index contributed by atoms with van der Waals surface area (Å²) in [6.45, 7) is 0.451. The molecule has 0 amide bonds. The maximum Gasteiger partial charge on any atom is 0.169 e. The van der Waals surface area contributed by atoms with E-state index in [1.807, 2.05) is 46.9 Å². The number of aromatic nitrogens is 3. The zero-order valence-corrected chi connectivity index (χ0v) is 11.1. The van der Waals surface area contributed by atoms with Crippen molar-refractivity contribution in [2.75, 3.05) is 0 Å². The minimum Gasteiger partial charge on any atom is -0.325 e. The van der Waals surface area contributed by atoms with Crippen molar-refractivity contribution < 1.29 is 0 Å². The maximum atomic E-state index is 5.77. The van der Waals surface area contributed by atoms with Crippen LogP contribution >= 0.6 is 15.9 Å². The van der Waals surface area contributed by atoms with Crippen LogP contribution in [0.2, 0.25) is 0 Å². The molecule has 3 aromatic rings. The third kappa shape index (κ3) is 1.72. The molecule has 3 rings (SSSR count). The molecular formula is C13H11BrN4. The predicted molar refractivity (Wildman–Crippen MR) is 74.0 cm³/mol. The molecule has 4 nitrogen and oxygen atoms in total. The minimum absolute atomic E-state index is 0.451. The number of halogens is 1. The molecule has 0 radical (unpaired) electrons. The van der Waals surface area contributed by atoms with Crippen molar-refractivity contribution in [3.05, 3.63) is 52.6 Å². The standard InChI is InChI=1S/C13H11BrN4/c14-11-6-2-1-5-10(11)13-17-16-12-7-3-4-9(8-15)18(12)13/h1-7H,8,15H2. The second-order valence-corrected chi connectivity index (χ2v) is 4.77. The van der Waals surface area contributed by atoms with Crippen LogP contribution in [0.4, 0.5) is 0 Å². The predicted octanol–water partition coefficient (Wildman–Crippen LogP) is 2.62. The van der Waals surface area contributed by atoms with Gasteiger partial charge in [0.15, 0.2) is 11.5 Å². The summed E-state index contributed by atoms with van der Waals surface area (Å²) in [6, 6.07) is 13.8. The first kappa shape index (κ1) is 11.4. The number of nitrogens with two attached hydrogens (primary N) is 1. The van der Waals surface area contributed by atoms with E-state index in [0.717, 1.165) is 27.2 Å². The summed E-state index contributed by atoms with van der Waals surface area (Å²) in [5, 5.41) is 8.44. The topological polar surface area (TPSA) is 56.2 Å². The monoisotopic (exact) mass is 302 g/mol. The van der Waals surface area contributed by atoms with Crippen LogP contribution in [-0.4, -0.2) is 14.6 Å². The van der Waals surface area contributed by atoms with Gasteiger partial charge in [-0.1, -0.05) is 40.2 Å². The molecular weight excluding hydrogens is 292 g/mol. The SMILES string of the molecule is NCc1cccc2nnc(-c3ccccc3Br)n12. The molecule has 2 heterocycles. The van der Waals surface area contributed by atoms with Crippen LogP contribution in [0, 0.1) is 0 Å². The lowest BCUT2D eigenvalue weighted by Gasteiger charge is -2.06. The lowest BCUT2D eigenvalue weighted by Crippen LogP contribution is -2.04. The second-order valence-electron chi connectivity index (χ2n) is 3.92. The van der Waals surface area contributed by atoms with Gasteiger partial charge in [0.1, 0.15) is 0 Å². The Kier molecular flexibility index (Phi) is 2.85. The molecule has 0 saturated carbocycles. The van der Waals surface area contributed by atoms with Crippen LogP contribution in [-0.2, 0) is 6.54 Å². The molecule has 0 aliphatic rings. The van der Waals surface area contributed by atoms with Crippen LogP contribution in [0.3, 0.4) is 0 Å². The molecule has 0 fully saturated rings. The summed E-state index contributed by atoms with van der Waals surface area (Å²) >= 11 is 3.54. The summed E-state index contributed by atoms with van der Waals surface area (Å²) in [4.78, 5) is 0.